The van der Waals surface area contributed by atoms with Crippen molar-refractivity contribution in [1.29, 1.82) is 0 Å². The number of hydrogen-bond acceptors (Lipinski definition) is 3. The van der Waals surface area contributed by atoms with Crippen LogP contribution in [0.25, 0.3) is 0 Å². The Morgan fingerprint density at radius 3 is 2.94 bits per heavy atom. The van der Waals surface area contributed by atoms with Gasteiger partial charge in [0.05, 0.1) is 7.11 Å². The Kier molecular flexibility index (Phi) is 4.07. The average Bonchev–Trinajstić information content (AvgIpc) is 2.37. The highest BCUT2D eigenvalue weighted by Gasteiger charge is 2.20. The fourth-order valence-electron chi connectivity index (χ4n) is 2.64. The molecule has 1 heterocycles. The molecule has 1 aliphatic heterocycles. The van der Waals surface area contributed by atoms with Gasteiger partial charge in [0, 0.05) is 0 Å². The molecule has 1 atom stereocenters. The van der Waals surface area contributed by atoms with Crippen LogP contribution in [0.2, 0.25) is 0 Å². The van der Waals surface area contributed by atoms with Gasteiger partial charge in [-0.1, -0.05) is 0 Å². The Hall–Kier alpha value is -1.29. The molecule has 0 spiro atoms. The van der Waals surface area contributed by atoms with Crippen LogP contribution < -0.4 is 10.1 Å². The molecule has 1 unspecified atom stereocenters. The van der Waals surface area contributed by atoms with Gasteiger partial charge in [0.25, 0.3) is 0 Å². The molecule has 4 heteroatoms. The van der Waals surface area contributed by atoms with E-state index < -0.39 is 5.82 Å². The number of rotatable bonds is 3. The second kappa shape index (κ2) is 5.57. The summed E-state index contributed by atoms with van der Waals surface area (Å²) in [7, 11) is 1.44. The molecular weight excluding hydrogens is 233 g/mol. The second-order valence-corrected chi connectivity index (χ2v) is 4.96. The second-order valence-electron chi connectivity index (χ2n) is 4.96. The van der Waals surface area contributed by atoms with Gasteiger partial charge in [-0.05, 0) is 62.4 Å². The first kappa shape index (κ1) is 13.1. The molecule has 1 fully saturated rings. The van der Waals surface area contributed by atoms with Crippen molar-refractivity contribution in [3.05, 3.63) is 23.0 Å². The summed E-state index contributed by atoms with van der Waals surface area (Å²) in [4.78, 5) is 0. The van der Waals surface area contributed by atoms with E-state index in [4.69, 9.17) is 4.74 Å². The van der Waals surface area contributed by atoms with E-state index in [1.54, 1.807) is 6.07 Å². The standard InChI is InChI=1S/C14H20FNO2/c1-9-6-11(7-10-4-3-5-16-8-10)12(15)13(17)14(9)18-2/h6,10,16-17H,3-5,7-8H2,1-2H3. The Balaban J connectivity index is 2.22. The molecular formula is C14H20FNO2. The number of ether oxygens (including phenoxy) is 1. The Morgan fingerprint density at radius 2 is 2.33 bits per heavy atom. The largest absolute Gasteiger partial charge is 0.502 e. The molecule has 0 aliphatic carbocycles. The third-order valence-corrected chi connectivity index (χ3v) is 3.57. The highest BCUT2D eigenvalue weighted by Crippen LogP contribution is 2.35. The van der Waals surface area contributed by atoms with Gasteiger partial charge < -0.3 is 15.2 Å². The number of aryl methyl sites for hydroxylation is 1. The van der Waals surface area contributed by atoms with Gasteiger partial charge in [0.15, 0.2) is 17.3 Å². The zero-order valence-electron chi connectivity index (χ0n) is 10.9. The number of benzene rings is 1. The van der Waals surface area contributed by atoms with E-state index >= 15 is 0 Å². The summed E-state index contributed by atoms with van der Waals surface area (Å²) in [6.07, 6.45) is 2.91. The summed E-state index contributed by atoms with van der Waals surface area (Å²) >= 11 is 0. The van der Waals surface area contributed by atoms with Crippen LogP contribution in [-0.2, 0) is 6.42 Å². The van der Waals surface area contributed by atoms with Crippen molar-refractivity contribution in [2.75, 3.05) is 20.2 Å². The number of phenols is 1. The molecule has 1 aromatic carbocycles. The summed E-state index contributed by atoms with van der Waals surface area (Å²) in [6, 6.07) is 1.78. The van der Waals surface area contributed by atoms with Crippen LogP contribution in [0.4, 0.5) is 4.39 Å². The maximum absolute atomic E-state index is 14.0. The van der Waals surface area contributed by atoms with E-state index in [2.05, 4.69) is 5.32 Å². The molecule has 1 saturated heterocycles. The van der Waals surface area contributed by atoms with E-state index in [0.29, 0.717) is 17.9 Å². The Morgan fingerprint density at radius 1 is 1.56 bits per heavy atom. The van der Waals surface area contributed by atoms with Crippen molar-refractivity contribution in [3.63, 3.8) is 0 Å². The molecule has 1 aromatic rings. The first-order valence-electron chi connectivity index (χ1n) is 6.39. The molecule has 0 amide bonds. The minimum Gasteiger partial charge on any atom is -0.502 e. The van der Waals surface area contributed by atoms with Crippen molar-refractivity contribution >= 4 is 0 Å². The van der Waals surface area contributed by atoms with Crippen molar-refractivity contribution in [1.82, 2.24) is 5.32 Å². The summed E-state index contributed by atoms with van der Waals surface area (Å²) in [6.45, 7) is 3.79. The van der Waals surface area contributed by atoms with E-state index in [-0.39, 0.29) is 11.5 Å². The molecule has 1 aliphatic rings. The maximum Gasteiger partial charge on any atom is 0.194 e. The SMILES string of the molecule is COc1c(C)cc(CC2CCCNC2)c(F)c1O. The third kappa shape index (κ3) is 2.58. The zero-order valence-corrected chi connectivity index (χ0v) is 10.9. The predicted octanol–water partition coefficient (Wildman–Crippen LogP) is 2.39. The fraction of sp³-hybridized carbons (Fsp3) is 0.571. The van der Waals surface area contributed by atoms with E-state index in [0.717, 1.165) is 31.5 Å². The van der Waals surface area contributed by atoms with Crippen LogP contribution in [0, 0.1) is 18.7 Å². The topological polar surface area (TPSA) is 41.5 Å². The summed E-state index contributed by atoms with van der Waals surface area (Å²) in [5.41, 5.74) is 1.36. The molecule has 0 aromatic heterocycles. The number of aromatic hydroxyl groups is 1. The molecule has 0 radical (unpaired) electrons. The van der Waals surface area contributed by atoms with Gasteiger partial charge in [-0.2, -0.15) is 0 Å². The first-order chi connectivity index (χ1) is 8.63. The number of hydrogen-bond donors (Lipinski definition) is 2. The summed E-state index contributed by atoms with van der Waals surface area (Å²) < 4.78 is 19.0. The Bertz CT molecular complexity index is 428. The Labute approximate surface area is 107 Å². The highest BCUT2D eigenvalue weighted by atomic mass is 19.1. The van der Waals surface area contributed by atoms with E-state index in [1.165, 1.54) is 7.11 Å². The summed E-state index contributed by atoms with van der Waals surface area (Å²) in [5, 5.41) is 13.1. The van der Waals surface area contributed by atoms with Crippen LogP contribution in [0.15, 0.2) is 6.07 Å². The molecule has 18 heavy (non-hydrogen) atoms. The van der Waals surface area contributed by atoms with Crippen LogP contribution in [-0.4, -0.2) is 25.3 Å². The van der Waals surface area contributed by atoms with Gasteiger partial charge in [0.2, 0.25) is 0 Å². The average molecular weight is 253 g/mol. The van der Waals surface area contributed by atoms with Gasteiger partial charge in [-0.15, -0.1) is 0 Å². The monoisotopic (exact) mass is 253 g/mol. The molecule has 3 nitrogen and oxygen atoms in total. The van der Waals surface area contributed by atoms with Gasteiger partial charge in [-0.3, -0.25) is 0 Å². The van der Waals surface area contributed by atoms with Crippen molar-refractivity contribution in [3.8, 4) is 11.5 Å². The smallest absolute Gasteiger partial charge is 0.194 e. The molecule has 0 bridgehead atoms. The van der Waals surface area contributed by atoms with Gasteiger partial charge in [-0.25, -0.2) is 4.39 Å². The molecule has 2 rings (SSSR count). The predicted molar refractivity (Wildman–Crippen MR) is 68.7 cm³/mol. The number of phenolic OH excluding ortho intramolecular Hbond substituents is 1. The number of methoxy groups -OCH3 is 1. The van der Waals surface area contributed by atoms with Gasteiger partial charge in [0.1, 0.15) is 0 Å². The third-order valence-electron chi connectivity index (χ3n) is 3.57. The lowest BCUT2D eigenvalue weighted by molar-refractivity contribution is 0.345. The summed E-state index contributed by atoms with van der Waals surface area (Å²) in [5.74, 6) is -0.224. The lowest BCUT2D eigenvalue weighted by Crippen LogP contribution is -2.31. The van der Waals surface area contributed by atoms with Gasteiger partial charge >= 0.3 is 0 Å². The lowest BCUT2D eigenvalue weighted by atomic mass is 9.91. The minimum atomic E-state index is -0.539. The van der Waals surface area contributed by atoms with Crippen molar-refractivity contribution < 1.29 is 14.2 Å². The van der Waals surface area contributed by atoms with Crippen LogP contribution in [0.3, 0.4) is 0 Å². The van der Waals surface area contributed by atoms with Crippen LogP contribution >= 0.6 is 0 Å². The quantitative estimate of drug-likeness (QED) is 0.869. The van der Waals surface area contributed by atoms with Crippen LogP contribution in [0.5, 0.6) is 11.5 Å². The number of nitrogens with one attached hydrogen (secondary N) is 1. The van der Waals surface area contributed by atoms with Crippen LogP contribution in [0.1, 0.15) is 24.0 Å². The van der Waals surface area contributed by atoms with E-state index in [1.807, 2.05) is 6.92 Å². The lowest BCUT2D eigenvalue weighted by Gasteiger charge is -2.23. The molecule has 2 N–H and O–H groups in total. The van der Waals surface area contributed by atoms with Crippen molar-refractivity contribution in [2.45, 2.75) is 26.2 Å². The minimum absolute atomic E-state index is 0.234. The van der Waals surface area contributed by atoms with E-state index in [9.17, 15) is 9.50 Å². The first-order valence-corrected chi connectivity index (χ1v) is 6.39. The zero-order chi connectivity index (χ0) is 13.1. The number of halogens is 1. The molecule has 0 saturated carbocycles. The number of piperidine rings is 1. The molecule has 100 valence electrons. The normalized spacial score (nSPS) is 19.8. The van der Waals surface area contributed by atoms with Crippen molar-refractivity contribution in [2.24, 2.45) is 5.92 Å². The highest BCUT2D eigenvalue weighted by molar-refractivity contribution is 5.49. The maximum atomic E-state index is 14.0. The fourth-order valence-corrected chi connectivity index (χ4v) is 2.64.